The third-order valence-corrected chi connectivity index (χ3v) is 0. The fourth-order valence-electron chi connectivity index (χ4n) is 0. The van der Waals surface area contributed by atoms with Crippen molar-refractivity contribution < 1.29 is 131 Å². The number of carbonyl (C=O) groups is 3. The Kier molecular flexibility index (Phi) is 70.5. The van der Waals surface area contributed by atoms with E-state index in [1.54, 1.807) is 0 Å². The van der Waals surface area contributed by atoms with Crippen molar-refractivity contribution in [1.82, 2.24) is 0 Å². The van der Waals surface area contributed by atoms with Crippen molar-refractivity contribution in [3.05, 3.63) is 0 Å². The van der Waals surface area contributed by atoms with E-state index in [2.05, 4.69) is 0 Å². The first kappa shape index (κ1) is 36.1. The molecule has 0 aromatic rings. The zero-order chi connectivity index (χ0) is 10.7. The average Bonchev–Trinajstić information content (AvgIpc) is 1.54. The first-order chi connectivity index (χ1) is 5.20. The molecule has 0 spiro atoms. The van der Waals surface area contributed by atoms with Crippen LogP contribution in [0.4, 0.5) is 14.4 Å². The van der Waals surface area contributed by atoms with Crippen LogP contribution in [-0.2, 0) is 0 Å². The molecule has 0 amide bonds. The SMILES string of the molecule is O.O=C([O-])[O-].O=C([O-])[O-].O=C([O-])[O-].[Sm+3].[Sm+3]. The molecule has 0 heterocycles. The molecule has 0 aromatic carbocycles. The second kappa shape index (κ2) is 29.3. The molecule has 0 aromatic heterocycles. The minimum absolute atomic E-state index is 0. The standard InChI is InChI=1S/3CH2O3.H2O.2Sm/c3*2-1(3)4;;;/h3*(H2,2,3,4);1H2;;/q;;;;2*+3/p-6. The summed E-state index contributed by atoms with van der Waals surface area (Å²) in [4.78, 5) is 25.0. The van der Waals surface area contributed by atoms with Gasteiger partial charge in [-0.05, 0) is 18.5 Å². The maximum absolute atomic E-state index is 8.33. The smallest absolute Gasteiger partial charge is 0.652 e. The molecule has 0 saturated heterocycles. The minimum atomic E-state index is -2.33. The number of carboxylic acid groups (broad SMARTS) is 6. The fourth-order valence-corrected chi connectivity index (χ4v) is 0. The number of hydrogen-bond donors (Lipinski definition) is 0. The van der Waals surface area contributed by atoms with Crippen LogP contribution in [0.2, 0.25) is 0 Å². The maximum Gasteiger partial charge on any atom is 3.00 e. The van der Waals surface area contributed by atoms with Gasteiger partial charge in [-0.3, -0.25) is 0 Å². The Hall–Kier alpha value is 0.445. The van der Waals surface area contributed by atoms with E-state index in [0.29, 0.717) is 0 Å². The van der Waals surface area contributed by atoms with Crippen LogP contribution in [0.3, 0.4) is 0 Å². The predicted octanol–water partition coefficient (Wildman–Crippen LogP) is -8.17. The largest absolute Gasteiger partial charge is 3.00 e. The molecule has 2 radical (unpaired) electrons. The van der Waals surface area contributed by atoms with E-state index in [1.807, 2.05) is 0 Å². The molecular weight excluding hydrogens is 497 g/mol. The minimum Gasteiger partial charge on any atom is -0.652 e. The molecule has 0 aliphatic heterocycles. The molecule has 86 valence electrons. The summed E-state index contributed by atoms with van der Waals surface area (Å²) in [5.74, 6) is 0. The van der Waals surface area contributed by atoms with E-state index in [-0.39, 0.29) is 86.3 Å². The number of rotatable bonds is 0. The summed E-state index contributed by atoms with van der Waals surface area (Å²) in [5.41, 5.74) is 0. The Labute approximate surface area is 147 Å². The summed E-state index contributed by atoms with van der Waals surface area (Å²) in [6, 6.07) is 0. The molecule has 0 unspecified atom stereocenters. The zero-order valence-electron chi connectivity index (χ0n) is 6.49. The van der Waals surface area contributed by atoms with E-state index in [0.717, 1.165) is 0 Å². The first-order valence-corrected chi connectivity index (χ1v) is 1.84. The topological polar surface area (TPSA) is 221 Å². The van der Waals surface area contributed by atoms with Gasteiger partial charge >= 0.3 is 80.8 Å². The molecule has 12 heteroatoms. The van der Waals surface area contributed by atoms with Gasteiger partial charge in [-0.2, -0.15) is 0 Å². The van der Waals surface area contributed by atoms with Gasteiger partial charge in [0, 0.05) is 0 Å². The van der Waals surface area contributed by atoms with Gasteiger partial charge in [-0.1, -0.05) is 0 Å². The Balaban J connectivity index is -0.0000000184. The Morgan fingerprint density at radius 3 is 0.533 bits per heavy atom. The third-order valence-electron chi connectivity index (χ3n) is 0. The van der Waals surface area contributed by atoms with Crippen LogP contribution in [0.5, 0.6) is 0 Å². The maximum atomic E-state index is 8.33. The summed E-state index contributed by atoms with van der Waals surface area (Å²) < 4.78 is 0. The van der Waals surface area contributed by atoms with Gasteiger partial charge in [0.2, 0.25) is 0 Å². The van der Waals surface area contributed by atoms with Gasteiger partial charge in [0.15, 0.2) is 0 Å². The first-order valence-electron chi connectivity index (χ1n) is 1.84. The molecular formula is C3H2O10Sm2. The summed E-state index contributed by atoms with van der Waals surface area (Å²) in [6.07, 6.45) is -7.00. The van der Waals surface area contributed by atoms with Crippen molar-refractivity contribution in [1.29, 1.82) is 0 Å². The van der Waals surface area contributed by atoms with E-state index >= 15 is 0 Å². The number of carbonyl (C=O) groups excluding carboxylic acids is 3. The summed E-state index contributed by atoms with van der Waals surface area (Å²) in [6.45, 7) is 0. The van der Waals surface area contributed by atoms with E-state index in [9.17, 15) is 0 Å². The van der Waals surface area contributed by atoms with E-state index in [4.69, 9.17) is 45.0 Å². The molecule has 0 rings (SSSR count). The Morgan fingerprint density at radius 2 is 0.533 bits per heavy atom. The van der Waals surface area contributed by atoms with Crippen LogP contribution in [0.25, 0.3) is 0 Å². The van der Waals surface area contributed by atoms with Crippen molar-refractivity contribution in [3.8, 4) is 0 Å². The van der Waals surface area contributed by atoms with Gasteiger partial charge < -0.3 is 50.5 Å². The molecule has 0 aliphatic rings. The summed E-state index contributed by atoms with van der Waals surface area (Å²) in [5, 5.41) is 50.0. The predicted molar refractivity (Wildman–Crippen MR) is 19.8 cm³/mol. The van der Waals surface area contributed by atoms with Crippen LogP contribution < -0.4 is 30.6 Å². The monoisotopic (exact) mass is 502 g/mol. The molecule has 2 N–H and O–H groups in total. The van der Waals surface area contributed by atoms with Gasteiger partial charge in [0.25, 0.3) is 0 Å². The van der Waals surface area contributed by atoms with Crippen molar-refractivity contribution in [2.24, 2.45) is 0 Å². The van der Waals surface area contributed by atoms with E-state index < -0.39 is 18.5 Å². The Bertz CT molecular complexity index is 116. The van der Waals surface area contributed by atoms with Crippen LogP contribution in [0.1, 0.15) is 0 Å². The third kappa shape index (κ3) is 11300. The normalized spacial score (nSPS) is 4.80. The van der Waals surface area contributed by atoms with Gasteiger partial charge in [-0.25, -0.2) is 0 Å². The van der Waals surface area contributed by atoms with Crippen LogP contribution in [-0.4, -0.2) is 23.9 Å². The molecule has 0 aliphatic carbocycles. The van der Waals surface area contributed by atoms with Crippen molar-refractivity contribution in [3.63, 3.8) is 0 Å². The van der Waals surface area contributed by atoms with Crippen molar-refractivity contribution in [2.45, 2.75) is 0 Å². The molecule has 0 fully saturated rings. The molecule has 0 atom stereocenters. The fraction of sp³-hybridized carbons (Fsp3) is 0. The van der Waals surface area contributed by atoms with E-state index in [1.165, 1.54) is 0 Å². The quantitative estimate of drug-likeness (QED) is 0.309. The molecule has 10 nitrogen and oxygen atoms in total. The Morgan fingerprint density at radius 1 is 0.533 bits per heavy atom. The van der Waals surface area contributed by atoms with Crippen LogP contribution in [0.15, 0.2) is 0 Å². The molecule has 0 bridgehead atoms. The van der Waals surface area contributed by atoms with Crippen molar-refractivity contribution >= 4 is 18.5 Å². The second-order valence-corrected chi connectivity index (χ2v) is 0.750. The van der Waals surface area contributed by atoms with Crippen LogP contribution >= 0.6 is 0 Å². The molecule has 0 saturated carbocycles. The number of hydrogen-bond acceptors (Lipinski definition) is 9. The van der Waals surface area contributed by atoms with Crippen LogP contribution in [0, 0.1) is 80.8 Å². The average molecular weight is 499 g/mol. The zero-order valence-corrected chi connectivity index (χ0v) is 11.7. The second-order valence-electron chi connectivity index (χ2n) is 0.750. The van der Waals surface area contributed by atoms with Crippen molar-refractivity contribution in [2.75, 3.05) is 0 Å². The van der Waals surface area contributed by atoms with Gasteiger partial charge in [0.05, 0.1) is 0 Å². The summed E-state index contributed by atoms with van der Waals surface area (Å²) in [7, 11) is 0. The van der Waals surface area contributed by atoms with Gasteiger partial charge in [-0.15, -0.1) is 0 Å². The summed E-state index contributed by atoms with van der Waals surface area (Å²) >= 11 is 0. The van der Waals surface area contributed by atoms with Gasteiger partial charge in [0.1, 0.15) is 0 Å². The molecule has 15 heavy (non-hydrogen) atoms.